The highest BCUT2D eigenvalue weighted by atomic mass is 79.9. The molecule has 0 aliphatic rings. The minimum absolute atomic E-state index is 0.135. The smallest absolute Gasteiger partial charge is 0.123 e. The standard InChI is InChI=1S/C17H20BrNO2/c1-11-4-6-14(17(8-11)21-3)16(19)10-12-9-13(20-2)5-7-15(12)18/h4-9,16H,10,19H2,1-3H3. The molecule has 2 aromatic rings. The maximum Gasteiger partial charge on any atom is 0.123 e. The van der Waals surface area contributed by atoms with Gasteiger partial charge in [0.2, 0.25) is 0 Å². The van der Waals surface area contributed by atoms with Crippen LogP contribution in [0.3, 0.4) is 0 Å². The average Bonchev–Trinajstić information content (AvgIpc) is 2.49. The number of methoxy groups -OCH3 is 2. The monoisotopic (exact) mass is 349 g/mol. The lowest BCUT2D eigenvalue weighted by Gasteiger charge is -2.17. The van der Waals surface area contributed by atoms with E-state index < -0.39 is 0 Å². The summed E-state index contributed by atoms with van der Waals surface area (Å²) in [6.07, 6.45) is 0.706. The average molecular weight is 350 g/mol. The summed E-state index contributed by atoms with van der Waals surface area (Å²) < 4.78 is 11.7. The molecular weight excluding hydrogens is 330 g/mol. The predicted octanol–water partition coefficient (Wildman–Crippen LogP) is 4.02. The molecule has 0 saturated carbocycles. The molecule has 21 heavy (non-hydrogen) atoms. The van der Waals surface area contributed by atoms with E-state index in [4.69, 9.17) is 15.2 Å². The fourth-order valence-electron chi connectivity index (χ4n) is 2.31. The van der Waals surface area contributed by atoms with Gasteiger partial charge in [0.15, 0.2) is 0 Å². The van der Waals surface area contributed by atoms with Crippen LogP contribution in [0.15, 0.2) is 40.9 Å². The van der Waals surface area contributed by atoms with E-state index in [1.807, 2.05) is 37.3 Å². The number of nitrogens with two attached hydrogens (primary N) is 1. The zero-order valence-corrected chi connectivity index (χ0v) is 14.1. The molecule has 1 atom stereocenters. The first kappa shape index (κ1) is 15.9. The maximum absolute atomic E-state index is 6.37. The maximum atomic E-state index is 6.37. The van der Waals surface area contributed by atoms with Crippen molar-refractivity contribution in [3.63, 3.8) is 0 Å². The van der Waals surface area contributed by atoms with Gasteiger partial charge >= 0.3 is 0 Å². The van der Waals surface area contributed by atoms with E-state index in [-0.39, 0.29) is 6.04 Å². The lowest BCUT2D eigenvalue weighted by Crippen LogP contribution is -2.15. The van der Waals surface area contributed by atoms with Gasteiger partial charge < -0.3 is 15.2 Å². The van der Waals surface area contributed by atoms with Crippen molar-refractivity contribution in [3.05, 3.63) is 57.6 Å². The molecule has 0 bridgehead atoms. The third kappa shape index (κ3) is 3.77. The van der Waals surface area contributed by atoms with E-state index in [1.165, 1.54) is 0 Å². The molecule has 2 aromatic carbocycles. The normalized spacial score (nSPS) is 12.0. The van der Waals surface area contributed by atoms with Crippen LogP contribution in [0, 0.1) is 6.92 Å². The molecule has 0 saturated heterocycles. The van der Waals surface area contributed by atoms with Crippen molar-refractivity contribution in [1.29, 1.82) is 0 Å². The molecule has 0 aromatic heterocycles. The Morgan fingerprint density at radius 1 is 1.10 bits per heavy atom. The number of benzene rings is 2. The summed E-state index contributed by atoms with van der Waals surface area (Å²) >= 11 is 3.57. The van der Waals surface area contributed by atoms with E-state index in [9.17, 15) is 0 Å². The number of rotatable bonds is 5. The van der Waals surface area contributed by atoms with Crippen molar-refractivity contribution in [3.8, 4) is 11.5 Å². The Morgan fingerprint density at radius 2 is 1.86 bits per heavy atom. The molecule has 0 amide bonds. The summed E-state index contributed by atoms with van der Waals surface area (Å²) in [7, 11) is 3.34. The van der Waals surface area contributed by atoms with Crippen molar-refractivity contribution in [2.45, 2.75) is 19.4 Å². The quantitative estimate of drug-likeness (QED) is 0.886. The highest BCUT2D eigenvalue weighted by molar-refractivity contribution is 9.10. The lowest BCUT2D eigenvalue weighted by atomic mass is 9.97. The van der Waals surface area contributed by atoms with Gasteiger partial charge in [0, 0.05) is 16.1 Å². The summed E-state index contributed by atoms with van der Waals surface area (Å²) in [5, 5.41) is 0. The molecule has 0 aliphatic carbocycles. The molecule has 0 radical (unpaired) electrons. The van der Waals surface area contributed by atoms with E-state index in [2.05, 4.69) is 22.0 Å². The summed E-state index contributed by atoms with van der Waals surface area (Å²) in [4.78, 5) is 0. The number of halogens is 1. The van der Waals surface area contributed by atoms with Gasteiger partial charge in [-0.2, -0.15) is 0 Å². The molecule has 4 heteroatoms. The third-order valence-corrected chi connectivity index (χ3v) is 4.25. The molecular formula is C17H20BrNO2. The van der Waals surface area contributed by atoms with Crippen LogP contribution in [0.4, 0.5) is 0 Å². The Balaban J connectivity index is 2.27. The van der Waals surface area contributed by atoms with Crippen LogP contribution in [-0.4, -0.2) is 14.2 Å². The molecule has 0 spiro atoms. The third-order valence-electron chi connectivity index (χ3n) is 3.48. The van der Waals surface area contributed by atoms with Crippen molar-refractivity contribution in [2.24, 2.45) is 5.73 Å². The number of aryl methyl sites for hydroxylation is 1. The topological polar surface area (TPSA) is 44.5 Å². The Morgan fingerprint density at radius 3 is 2.52 bits per heavy atom. The van der Waals surface area contributed by atoms with Crippen LogP contribution in [0.25, 0.3) is 0 Å². The largest absolute Gasteiger partial charge is 0.497 e. The minimum Gasteiger partial charge on any atom is -0.497 e. The summed E-state index contributed by atoms with van der Waals surface area (Å²) in [6.45, 7) is 2.04. The Hall–Kier alpha value is -1.52. The van der Waals surface area contributed by atoms with Gasteiger partial charge in [-0.3, -0.25) is 0 Å². The number of hydrogen-bond donors (Lipinski definition) is 1. The Kier molecular flexibility index (Phi) is 5.26. The van der Waals surface area contributed by atoms with E-state index in [1.54, 1.807) is 14.2 Å². The number of ether oxygens (including phenoxy) is 2. The Labute approximate surface area is 134 Å². The van der Waals surface area contributed by atoms with E-state index in [0.717, 1.165) is 32.7 Å². The van der Waals surface area contributed by atoms with Crippen molar-refractivity contribution >= 4 is 15.9 Å². The second kappa shape index (κ2) is 6.96. The van der Waals surface area contributed by atoms with Gasteiger partial charge in [-0.05, 0) is 48.7 Å². The fourth-order valence-corrected chi connectivity index (χ4v) is 2.71. The summed E-state index contributed by atoms with van der Waals surface area (Å²) in [5.74, 6) is 1.66. The van der Waals surface area contributed by atoms with Crippen molar-refractivity contribution in [1.82, 2.24) is 0 Å². The van der Waals surface area contributed by atoms with Crippen LogP contribution < -0.4 is 15.2 Å². The van der Waals surface area contributed by atoms with Gasteiger partial charge in [-0.15, -0.1) is 0 Å². The Bertz CT molecular complexity index is 628. The summed E-state index contributed by atoms with van der Waals surface area (Å²) in [5.41, 5.74) is 9.66. The van der Waals surface area contributed by atoms with Crippen molar-refractivity contribution in [2.75, 3.05) is 14.2 Å². The first-order chi connectivity index (χ1) is 10.0. The predicted molar refractivity (Wildman–Crippen MR) is 89.1 cm³/mol. The van der Waals surface area contributed by atoms with Crippen LogP contribution in [0.5, 0.6) is 11.5 Å². The van der Waals surface area contributed by atoms with Crippen LogP contribution in [-0.2, 0) is 6.42 Å². The van der Waals surface area contributed by atoms with Gasteiger partial charge in [0.05, 0.1) is 14.2 Å². The lowest BCUT2D eigenvalue weighted by molar-refractivity contribution is 0.404. The van der Waals surface area contributed by atoms with E-state index in [0.29, 0.717) is 6.42 Å². The fraction of sp³-hybridized carbons (Fsp3) is 0.294. The zero-order chi connectivity index (χ0) is 15.4. The molecule has 3 nitrogen and oxygen atoms in total. The van der Waals surface area contributed by atoms with Crippen LogP contribution >= 0.6 is 15.9 Å². The molecule has 0 heterocycles. The molecule has 0 aliphatic heterocycles. The second-order valence-electron chi connectivity index (χ2n) is 5.01. The highest BCUT2D eigenvalue weighted by Crippen LogP contribution is 2.30. The van der Waals surface area contributed by atoms with Gasteiger partial charge in [-0.1, -0.05) is 28.1 Å². The molecule has 112 valence electrons. The molecule has 2 rings (SSSR count). The number of hydrogen-bond acceptors (Lipinski definition) is 3. The SMILES string of the molecule is COc1ccc(Br)c(CC(N)c2ccc(C)cc2OC)c1. The van der Waals surface area contributed by atoms with E-state index >= 15 is 0 Å². The highest BCUT2D eigenvalue weighted by Gasteiger charge is 2.14. The first-order valence-corrected chi connectivity index (χ1v) is 7.57. The van der Waals surface area contributed by atoms with Crippen LogP contribution in [0.1, 0.15) is 22.7 Å². The minimum atomic E-state index is -0.135. The molecule has 0 fully saturated rings. The van der Waals surface area contributed by atoms with Crippen molar-refractivity contribution < 1.29 is 9.47 Å². The molecule has 1 unspecified atom stereocenters. The van der Waals surface area contributed by atoms with Gasteiger partial charge in [0.1, 0.15) is 11.5 Å². The summed E-state index contributed by atoms with van der Waals surface area (Å²) in [6, 6.07) is 11.9. The second-order valence-corrected chi connectivity index (χ2v) is 5.87. The zero-order valence-electron chi connectivity index (χ0n) is 12.5. The molecule has 2 N–H and O–H groups in total. The van der Waals surface area contributed by atoms with Gasteiger partial charge in [0.25, 0.3) is 0 Å². The van der Waals surface area contributed by atoms with Gasteiger partial charge in [-0.25, -0.2) is 0 Å². The van der Waals surface area contributed by atoms with Crippen LogP contribution in [0.2, 0.25) is 0 Å². The first-order valence-electron chi connectivity index (χ1n) is 6.77.